The summed E-state index contributed by atoms with van der Waals surface area (Å²) in [5.74, 6) is -0.444. The third-order valence-corrected chi connectivity index (χ3v) is 4.15. The summed E-state index contributed by atoms with van der Waals surface area (Å²) in [5, 5.41) is 8.62. The second-order valence-corrected chi connectivity index (χ2v) is 6.16. The smallest absolute Gasteiger partial charge is 0.329 e. The molecule has 0 aliphatic carbocycles. The number of ether oxygens (including phenoxy) is 2. The van der Waals surface area contributed by atoms with Gasteiger partial charge in [0, 0.05) is 26.8 Å². The highest BCUT2D eigenvalue weighted by Gasteiger charge is 2.44. The predicted molar refractivity (Wildman–Crippen MR) is 75.1 cm³/mol. The number of amides is 2. The molecule has 2 amide bonds. The van der Waals surface area contributed by atoms with Crippen molar-refractivity contribution in [3.63, 3.8) is 0 Å². The normalized spacial score (nSPS) is 22.0. The van der Waals surface area contributed by atoms with Gasteiger partial charge >= 0.3 is 12.0 Å². The molecule has 2 fully saturated rings. The summed E-state index contributed by atoms with van der Waals surface area (Å²) in [5.41, 5.74) is -0.525. The molecule has 0 bridgehead atoms. The minimum Gasteiger partial charge on any atom is -0.480 e. The fourth-order valence-corrected chi connectivity index (χ4v) is 2.95. The van der Waals surface area contributed by atoms with Crippen LogP contribution in [0, 0.1) is 5.92 Å². The Morgan fingerprint density at radius 3 is 2.38 bits per heavy atom. The lowest BCUT2D eigenvalue weighted by Crippen LogP contribution is -2.66. The van der Waals surface area contributed by atoms with E-state index in [1.54, 1.807) is 12.0 Å². The number of urea groups is 1. The van der Waals surface area contributed by atoms with Crippen LogP contribution in [-0.2, 0) is 14.3 Å². The predicted octanol–water partition coefficient (Wildman–Crippen LogP) is 0.640. The first kappa shape index (κ1) is 16.0. The number of piperidine rings is 1. The molecule has 0 spiro atoms. The number of methoxy groups -OCH3 is 1. The Morgan fingerprint density at radius 2 is 1.86 bits per heavy atom. The van der Waals surface area contributed by atoms with Crippen LogP contribution in [0.15, 0.2) is 0 Å². The van der Waals surface area contributed by atoms with Gasteiger partial charge in [0.15, 0.2) is 0 Å². The van der Waals surface area contributed by atoms with Gasteiger partial charge in [0.2, 0.25) is 0 Å². The Balaban J connectivity index is 1.73. The van der Waals surface area contributed by atoms with E-state index in [1.807, 2.05) is 11.8 Å². The highest BCUT2D eigenvalue weighted by atomic mass is 16.5. The molecule has 2 aliphatic rings. The van der Waals surface area contributed by atoms with Crippen LogP contribution >= 0.6 is 0 Å². The Morgan fingerprint density at radius 1 is 1.24 bits per heavy atom. The molecule has 2 saturated heterocycles. The van der Waals surface area contributed by atoms with E-state index in [9.17, 15) is 9.59 Å². The molecule has 0 aromatic carbocycles. The molecule has 0 saturated carbocycles. The van der Waals surface area contributed by atoms with E-state index in [2.05, 4.69) is 0 Å². The lowest BCUT2D eigenvalue weighted by atomic mass is 9.95. The number of nitrogens with zero attached hydrogens (tertiary/aromatic N) is 2. The molecule has 7 heteroatoms. The lowest BCUT2D eigenvalue weighted by molar-refractivity contribution is -0.160. The standard InChI is InChI=1S/C14H24N2O5/c1-14(21-8-12(17)18)9-16(10-14)13(19)15-5-3-11(4-6-15)7-20-2/h11H,3-10H2,1-2H3,(H,17,18). The largest absolute Gasteiger partial charge is 0.480 e. The van der Waals surface area contributed by atoms with Crippen LogP contribution in [0.4, 0.5) is 4.79 Å². The summed E-state index contributed by atoms with van der Waals surface area (Å²) in [7, 11) is 1.70. The fourth-order valence-electron chi connectivity index (χ4n) is 2.95. The highest BCUT2D eigenvalue weighted by Crippen LogP contribution is 2.27. The molecular weight excluding hydrogens is 276 g/mol. The van der Waals surface area contributed by atoms with E-state index in [-0.39, 0.29) is 12.6 Å². The van der Waals surface area contributed by atoms with Crippen LogP contribution in [0.3, 0.4) is 0 Å². The van der Waals surface area contributed by atoms with Gasteiger partial charge in [-0.3, -0.25) is 0 Å². The Hall–Kier alpha value is -1.34. The van der Waals surface area contributed by atoms with Crippen LogP contribution in [-0.4, -0.2) is 79.0 Å². The van der Waals surface area contributed by atoms with E-state index < -0.39 is 11.6 Å². The maximum absolute atomic E-state index is 12.3. The summed E-state index contributed by atoms with van der Waals surface area (Å²) in [6.45, 7) is 4.71. The molecule has 21 heavy (non-hydrogen) atoms. The number of hydrogen-bond donors (Lipinski definition) is 1. The van der Waals surface area contributed by atoms with Crippen molar-refractivity contribution in [2.75, 3.05) is 46.5 Å². The number of carbonyl (C=O) groups is 2. The van der Waals surface area contributed by atoms with Crippen LogP contribution in [0.2, 0.25) is 0 Å². The zero-order valence-corrected chi connectivity index (χ0v) is 12.7. The lowest BCUT2D eigenvalue weighted by Gasteiger charge is -2.49. The number of likely N-dealkylation sites (tertiary alicyclic amines) is 2. The minimum atomic E-state index is -0.985. The molecule has 0 aromatic rings. The van der Waals surface area contributed by atoms with E-state index >= 15 is 0 Å². The van der Waals surface area contributed by atoms with Crippen molar-refractivity contribution in [1.29, 1.82) is 0 Å². The van der Waals surface area contributed by atoms with Crippen LogP contribution in [0.25, 0.3) is 0 Å². The molecule has 2 aliphatic heterocycles. The number of rotatable bonds is 5. The summed E-state index contributed by atoms with van der Waals surface area (Å²) in [6.07, 6.45) is 1.94. The van der Waals surface area contributed by atoms with Crippen molar-refractivity contribution >= 4 is 12.0 Å². The van der Waals surface area contributed by atoms with Crippen molar-refractivity contribution in [2.45, 2.75) is 25.4 Å². The van der Waals surface area contributed by atoms with E-state index in [0.717, 1.165) is 32.5 Å². The molecule has 120 valence electrons. The monoisotopic (exact) mass is 300 g/mol. The first-order valence-electron chi connectivity index (χ1n) is 7.32. The van der Waals surface area contributed by atoms with Gasteiger partial charge in [0.05, 0.1) is 13.1 Å². The van der Waals surface area contributed by atoms with E-state index in [1.165, 1.54) is 0 Å². The van der Waals surface area contributed by atoms with Crippen molar-refractivity contribution in [1.82, 2.24) is 9.80 Å². The maximum Gasteiger partial charge on any atom is 0.329 e. The molecule has 7 nitrogen and oxygen atoms in total. The summed E-state index contributed by atoms with van der Waals surface area (Å²) < 4.78 is 10.5. The van der Waals surface area contributed by atoms with Gasteiger partial charge in [0.25, 0.3) is 0 Å². The molecule has 2 heterocycles. The third-order valence-electron chi connectivity index (χ3n) is 4.15. The summed E-state index contributed by atoms with van der Waals surface area (Å²) >= 11 is 0. The van der Waals surface area contributed by atoms with Gasteiger partial charge in [-0.25, -0.2) is 9.59 Å². The fraction of sp³-hybridized carbons (Fsp3) is 0.857. The van der Waals surface area contributed by atoms with Gasteiger partial charge in [-0.05, 0) is 25.7 Å². The van der Waals surface area contributed by atoms with Crippen molar-refractivity contribution < 1.29 is 24.2 Å². The molecular formula is C14H24N2O5. The maximum atomic E-state index is 12.3. The van der Waals surface area contributed by atoms with E-state index in [4.69, 9.17) is 14.6 Å². The average molecular weight is 300 g/mol. The Kier molecular flexibility index (Phi) is 5.05. The van der Waals surface area contributed by atoms with Gasteiger partial charge in [-0.1, -0.05) is 0 Å². The summed E-state index contributed by atoms with van der Waals surface area (Å²) in [6, 6.07) is 0.0299. The van der Waals surface area contributed by atoms with E-state index in [0.29, 0.717) is 19.0 Å². The first-order valence-corrected chi connectivity index (χ1v) is 7.32. The number of hydrogen-bond acceptors (Lipinski definition) is 4. The Bertz CT molecular complexity index is 387. The summed E-state index contributed by atoms with van der Waals surface area (Å²) in [4.78, 5) is 26.4. The number of carbonyl (C=O) groups excluding carboxylic acids is 1. The van der Waals surface area contributed by atoms with Gasteiger partial charge in [0.1, 0.15) is 12.2 Å². The topological polar surface area (TPSA) is 79.3 Å². The van der Waals surface area contributed by atoms with Crippen LogP contribution in [0.5, 0.6) is 0 Å². The molecule has 0 atom stereocenters. The minimum absolute atomic E-state index is 0.0299. The van der Waals surface area contributed by atoms with Crippen LogP contribution in [0.1, 0.15) is 19.8 Å². The molecule has 1 N–H and O–H groups in total. The highest BCUT2D eigenvalue weighted by molar-refractivity contribution is 5.76. The molecule has 0 unspecified atom stereocenters. The quantitative estimate of drug-likeness (QED) is 0.806. The van der Waals surface area contributed by atoms with Gasteiger partial charge < -0.3 is 24.4 Å². The van der Waals surface area contributed by atoms with Gasteiger partial charge in [-0.2, -0.15) is 0 Å². The van der Waals surface area contributed by atoms with Crippen molar-refractivity contribution in [2.24, 2.45) is 5.92 Å². The first-order chi connectivity index (χ1) is 9.93. The second-order valence-electron chi connectivity index (χ2n) is 6.16. The van der Waals surface area contributed by atoms with Crippen LogP contribution < -0.4 is 0 Å². The van der Waals surface area contributed by atoms with Gasteiger partial charge in [-0.15, -0.1) is 0 Å². The van der Waals surface area contributed by atoms with Crippen molar-refractivity contribution in [3.8, 4) is 0 Å². The number of carboxylic acids is 1. The van der Waals surface area contributed by atoms with Crippen molar-refractivity contribution in [3.05, 3.63) is 0 Å². The third kappa shape index (κ3) is 4.07. The zero-order valence-electron chi connectivity index (χ0n) is 12.7. The average Bonchev–Trinajstić information content (AvgIpc) is 2.42. The Labute approximate surface area is 124 Å². The number of carboxylic acid groups (broad SMARTS) is 1. The number of aliphatic carboxylic acids is 1. The molecule has 0 aromatic heterocycles. The zero-order chi connectivity index (χ0) is 15.5. The SMILES string of the molecule is COCC1CCN(C(=O)N2CC(C)(OCC(=O)O)C2)CC1. The molecule has 0 radical (unpaired) electrons. The second kappa shape index (κ2) is 6.62. The molecule has 2 rings (SSSR count).